The van der Waals surface area contributed by atoms with Crippen molar-refractivity contribution in [3.63, 3.8) is 0 Å². The number of aryl methyl sites for hydroxylation is 1. The second-order valence-electron chi connectivity index (χ2n) is 2.42. The maximum Gasteiger partial charge on any atom is 0.224 e. The third kappa shape index (κ3) is 2.30. The molecule has 1 N–H and O–H groups in total. The van der Waals surface area contributed by atoms with Crippen LogP contribution in [0.4, 0.5) is 5.69 Å². The Balaban J connectivity index is 0.00000144. The number of anilines is 1. The van der Waals surface area contributed by atoms with E-state index in [-0.39, 0.29) is 7.33 Å². The molecule has 4 heteroatoms. The van der Waals surface area contributed by atoms with Gasteiger partial charge in [-0.3, -0.25) is 4.79 Å². The fourth-order valence-corrected chi connectivity index (χ4v) is 0.707. The van der Waals surface area contributed by atoms with Gasteiger partial charge >= 0.3 is 0 Å². The summed E-state index contributed by atoms with van der Waals surface area (Å²) in [4.78, 5) is 18.8. The van der Waals surface area contributed by atoms with Crippen molar-refractivity contribution in [3.05, 3.63) is 18.2 Å². The maximum atomic E-state index is 10.9. The smallest absolute Gasteiger partial charge is 0.224 e. The topological polar surface area (TPSA) is 54.9 Å². The van der Waals surface area contributed by atoms with Crippen LogP contribution in [0.3, 0.4) is 0 Å². The summed E-state index contributed by atoms with van der Waals surface area (Å²) >= 11 is 0. The highest BCUT2D eigenvalue weighted by molar-refractivity contribution is 5.89. The van der Waals surface area contributed by atoms with Crippen molar-refractivity contribution in [2.75, 3.05) is 5.32 Å². The van der Waals surface area contributed by atoms with E-state index in [2.05, 4.69) is 15.3 Å². The van der Waals surface area contributed by atoms with Crippen LogP contribution in [0.15, 0.2) is 12.4 Å². The molecular weight excluding hydrogens is 154 g/mol. The van der Waals surface area contributed by atoms with E-state index >= 15 is 0 Å². The van der Waals surface area contributed by atoms with Crippen molar-refractivity contribution in [2.24, 2.45) is 0 Å². The molecule has 12 heavy (non-hydrogen) atoms. The fourth-order valence-electron chi connectivity index (χ4n) is 0.707. The lowest BCUT2D eigenvalue weighted by Gasteiger charge is -2.01. The summed E-state index contributed by atoms with van der Waals surface area (Å²) in [5.74, 6) is 0.673. The number of nitrogens with zero attached hydrogens (tertiary/aromatic N) is 2. The van der Waals surface area contributed by atoms with E-state index < -0.39 is 0 Å². The summed E-state index contributed by atoms with van der Waals surface area (Å²) in [7, 11) is 0. The second kappa shape index (κ2) is 3.80. The number of amides is 1. The minimum atomic E-state index is -0.0255. The lowest BCUT2D eigenvalue weighted by Crippen LogP contribution is -2.09. The number of carbonyl (C=O) groups excluding carboxylic acids is 1. The first-order chi connectivity index (χ1) is 5.72. The zero-order chi connectivity index (χ0) is 8.97. The van der Waals surface area contributed by atoms with E-state index in [1.165, 1.54) is 0 Å². The molecule has 0 fully saturated rings. The van der Waals surface area contributed by atoms with Crippen LogP contribution in [0, 0.1) is 6.92 Å². The number of aromatic nitrogens is 2. The van der Waals surface area contributed by atoms with Gasteiger partial charge in [0.15, 0.2) is 0 Å². The SMILES string of the molecule is CCC(=O)Nc1cnc(C)nc1.[HH]. The largest absolute Gasteiger partial charge is 0.323 e. The molecule has 0 spiro atoms. The van der Waals surface area contributed by atoms with Gasteiger partial charge in [-0.1, -0.05) is 6.92 Å². The number of hydrogen-bond donors (Lipinski definition) is 1. The molecule has 0 saturated heterocycles. The van der Waals surface area contributed by atoms with Gasteiger partial charge in [-0.25, -0.2) is 9.97 Å². The maximum absolute atomic E-state index is 10.9. The van der Waals surface area contributed by atoms with Gasteiger partial charge in [-0.2, -0.15) is 0 Å². The van der Waals surface area contributed by atoms with Gasteiger partial charge in [0.2, 0.25) is 5.91 Å². The van der Waals surface area contributed by atoms with Crippen molar-refractivity contribution in [1.29, 1.82) is 0 Å². The zero-order valence-corrected chi connectivity index (χ0v) is 7.16. The Morgan fingerprint density at radius 3 is 2.67 bits per heavy atom. The number of carbonyl (C=O) groups is 1. The van der Waals surface area contributed by atoms with Crippen molar-refractivity contribution in [1.82, 2.24) is 9.97 Å². The fraction of sp³-hybridized carbons (Fsp3) is 0.375. The van der Waals surface area contributed by atoms with Gasteiger partial charge in [-0.15, -0.1) is 0 Å². The van der Waals surface area contributed by atoms with Crippen LogP contribution < -0.4 is 5.32 Å². The molecule has 0 atom stereocenters. The van der Waals surface area contributed by atoms with Crippen LogP contribution in [-0.2, 0) is 4.79 Å². The highest BCUT2D eigenvalue weighted by atomic mass is 16.1. The third-order valence-electron chi connectivity index (χ3n) is 1.39. The Morgan fingerprint density at radius 2 is 2.17 bits per heavy atom. The average Bonchev–Trinajstić information content (AvgIpc) is 2.09. The molecule has 1 amide bonds. The second-order valence-corrected chi connectivity index (χ2v) is 2.42. The Morgan fingerprint density at radius 1 is 1.58 bits per heavy atom. The lowest BCUT2D eigenvalue weighted by atomic mass is 10.4. The van der Waals surface area contributed by atoms with Crippen molar-refractivity contribution >= 4 is 11.6 Å². The molecule has 0 aliphatic heterocycles. The van der Waals surface area contributed by atoms with Crippen LogP contribution in [0.1, 0.15) is 20.6 Å². The van der Waals surface area contributed by atoms with Crippen LogP contribution in [0.25, 0.3) is 0 Å². The van der Waals surface area contributed by atoms with Gasteiger partial charge in [0.05, 0.1) is 18.1 Å². The predicted octanol–water partition coefficient (Wildman–Crippen LogP) is 1.38. The van der Waals surface area contributed by atoms with Gasteiger partial charge < -0.3 is 5.32 Å². The molecule has 0 bridgehead atoms. The van der Waals surface area contributed by atoms with Gasteiger partial charge in [0, 0.05) is 7.85 Å². The third-order valence-corrected chi connectivity index (χ3v) is 1.39. The van der Waals surface area contributed by atoms with Crippen molar-refractivity contribution < 1.29 is 6.22 Å². The molecule has 1 heterocycles. The van der Waals surface area contributed by atoms with Crippen LogP contribution in [0.2, 0.25) is 0 Å². The predicted molar refractivity (Wildman–Crippen MR) is 47.8 cm³/mol. The van der Waals surface area contributed by atoms with E-state index in [9.17, 15) is 4.79 Å². The minimum absolute atomic E-state index is 0. The number of rotatable bonds is 2. The molecular formula is C8H13N3O. The van der Waals surface area contributed by atoms with E-state index in [0.29, 0.717) is 17.9 Å². The van der Waals surface area contributed by atoms with E-state index in [1.807, 2.05) is 0 Å². The van der Waals surface area contributed by atoms with Crippen molar-refractivity contribution in [2.45, 2.75) is 20.3 Å². The Kier molecular flexibility index (Phi) is 2.74. The summed E-state index contributed by atoms with van der Waals surface area (Å²) in [5.41, 5.74) is 0.646. The normalized spacial score (nSPS) is 9.50. The van der Waals surface area contributed by atoms with Crippen LogP contribution >= 0.6 is 0 Å². The van der Waals surface area contributed by atoms with E-state index in [4.69, 9.17) is 0 Å². The molecule has 0 aliphatic carbocycles. The van der Waals surface area contributed by atoms with E-state index in [0.717, 1.165) is 0 Å². The highest BCUT2D eigenvalue weighted by Gasteiger charge is 1.98. The molecule has 4 nitrogen and oxygen atoms in total. The minimum Gasteiger partial charge on any atom is -0.323 e. The van der Waals surface area contributed by atoms with Crippen molar-refractivity contribution in [3.8, 4) is 0 Å². The molecule has 0 aromatic carbocycles. The number of hydrogen-bond acceptors (Lipinski definition) is 3. The Bertz CT molecular complexity index is 273. The monoisotopic (exact) mass is 167 g/mol. The molecule has 1 aromatic heterocycles. The molecule has 0 aliphatic rings. The summed E-state index contributed by atoms with van der Waals surface area (Å²) in [6, 6.07) is 0. The molecule has 0 radical (unpaired) electrons. The molecule has 1 aromatic rings. The summed E-state index contributed by atoms with van der Waals surface area (Å²) < 4.78 is 0. The quantitative estimate of drug-likeness (QED) is 0.724. The van der Waals surface area contributed by atoms with Crippen LogP contribution in [0.5, 0.6) is 0 Å². The standard InChI is InChI=1S/C8H11N3O.H2/c1-3-8(12)11-7-4-9-6(2)10-5-7;/h4-5H,3H2,1-2H3,(H,11,12);1H. The molecule has 0 unspecified atom stereocenters. The summed E-state index contributed by atoms with van der Waals surface area (Å²) in [6.45, 7) is 3.59. The number of nitrogens with one attached hydrogen (secondary N) is 1. The Labute approximate surface area is 72.5 Å². The van der Waals surface area contributed by atoms with Gasteiger partial charge in [-0.05, 0) is 6.92 Å². The van der Waals surface area contributed by atoms with Crippen LogP contribution in [-0.4, -0.2) is 15.9 Å². The first-order valence-electron chi connectivity index (χ1n) is 3.81. The average molecular weight is 167 g/mol. The van der Waals surface area contributed by atoms with Gasteiger partial charge in [0.1, 0.15) is 5.82 Å². The molecule has 1 rings (SSSR count). The molecule has 0 saturated carbocycles. The first kappa shape index (κ1) is 8.64. The molecule has 66 valence electrons. The lowest BCUT2D eigenvalue weighted by molar-refractivity contribution is -0.115. The summed E-state index contributed by atoms with van der Waals surface area (Å²) in [5, 5.41) is 2.65. The van der Waals surface area contributed by atoms with E-state index in [1.54, 1.807) is 26.2 Å². The Hall–Kier alpha value is -1.45. The van der Waals surface area contributed by atoms with Gasteiger partial charge in [0.25, 0.3) is 0 Å². The summed E-state index contributed by atoms with van der Waals surface area (Å²) in [6.07, 6.45) is 3.65. The zero-order valence-electron chi connectivity index (χ0n) is 7.16. The highest BCUT2D eigenvalue weighted by Crippen LogP contribution is 2.02. The first-order valence-corrected chi connectivity index (χ1v) is 3.81.